The zero-order valence-electron chi connectivity index (χ0n) is 8.90. The van der Waals surface area contributed by atoms with Crippen LogP contribution in [0.1, 0.15) is 25.5 Å². The van der Waals surface area contributed by atoms with Crippen molar-refractivity contribution in [2.24, 2.45) is 5.73 Å². The van der Waals surface area contributed by atoms with Crippen LogP contribution < -0.4 is 5.73 Å². The highest BCUT2D eigenvalue weighted by Crippen LogP contribution is 2.39. The van der Waals surface area contributed by atoms with Crippen molar-refractivity contribution in [2.45, 2.75) is 25.4 Å². The fourth-order valence-electron chi connectivity index (χ4n) is 2.03. The van der Waals surface area contributed by atoms with Crippen LogP contribution in [0.2, 0.25) is 0 Å². The van der Waals surface area contributed by atoms with E-state index < -0.39 is 0 Å². The molecule has 0 radical (unpaired) electrons. The molecule has 1 saturated heterocycles. The lowest BCUT2D eigenvalue weighted by Gasteiger charge is -2.18. The summed E-state index contributed by atoms with van der Waals surface area (Å²) in [5.74, 6) is 0. The van der Waals surface area contributed by atoms with Crippen molar-refractivity contribution in [2.75, 3.05) is 13.1 Å². The van der Waals surface area contributed by atoms with Crippen LogP contribution in [-0.4, -0.2) is 23.5 Å². The molecule has 2 nitrogen and oxygen atoms in total. The van der Waals surface area contributed by atoms with E-state index in [1.165, 1.54) is 5.56 Å². The Bertz CT molecular complexity index is 309. The molecule has 1 aromatic rings. The van der Waals surface area contributed by atoms with E-state index >= 15 is 0 Å². The van der Waals surface area contributed by atoms with Gasteiger partial charge in [-0.1, -0.05) is 30.3 Å². The Morgan fingerprint density at radius 1 is 1.43 bits per heavy atom. The highest BCUT2D eigenvalue weighted by molar-refractivity contribution is 5.22. The van der Waals surface area contributed by atoms with Crippen molar-refractivity contribution >= 4 is 0 Å². The minimum atomic E-state index is 0.245. The highest BCUT2D eigenvalue weighted by atomic mass is 15.4. The van der Waals surface area contributed by atoms with Crippen LogP contribution in [0.4, 0.5) is 0 Å². The molecule has 0 aromatic heterocycles. The molecule has 1 heterocycles. The van der Waals surface area contributed by atoms with Gasteiger partial charge in [0, 0.05) is 24.7 Å². The predicted octanol–water partition coefficient (Wildman–Crippen LogP) is 1.78. The lowest BCUT2D eigenvalue weighted by atomic mass is 10.1. The molecule has 76 valence electrons. The van der Waals surface area contributed by atoms with Gasteiger partial charge in [-0.05, 0) is 19.4 Å². The number of hydrogen-bond acceptors (Lipinski definition) is 2. The summed E-state index contributed by atoms with van der Waals surface area (Å²) < 4.78 is 0. The molecule has 0 bridgehead atoms. The third kappa shape index (κ3) is 1.56. The first-order valence-corrected chi connectivity index (χ1v) is 5.19. The first kappa shape index (κ1) is 9.69. The summed E-state index contributed by atoms with van der Waals surface area (Å²) in [6, 6.07) is 11.1. The molecule has 0 aliphatic carbocycles. The van der Waals surface area contributed by atoms with E-state index in [0.29, 0.717) is 6.04 Å². The van der Waals surface area contributed by atoms with Gasteiger partial charge in [0.15, 0.2) is 0 Å². The van der Waals surface area contributed by atoms with E-state index in [1.807, 2.05) is 0 Å². The molecule has 1 aliphatic rings. The molecule has 1 aromatic carbocycles. The van der Waals surface area contributed by atoms with Gasteiger partial charge in [-0.15, -0.1) is 0 Å². The topological polar surface area (TPSA) is 29.0 Å². The van der Waals surface area contributed by atoms with E-state index in [-0.39, 0.29) is 5.54 Å². The number of nitrogens with zero attached hydrogens (tertiary/aromatic N) is 1. The maximum absolute atomic E-state index is 5.73. The van der Waals surface area contributed by atoms with Crippen molar-refractivity contribution in [1.29, 1.82) is 0 Å². The molecular weight excluding hydrogens is 172 g/mol. The molecule has 1 fully saturated rings. The third-order valence-electron chi connectivity index (χ3n) is 3.29. The molecule has 2 N–H and O–H groups in total. The Hall–Kier alpha value is -0.860. The Labute approximate surface area is 85.7 Å². The van der Waals surface area contributed by atoms with Crippen LogP contribution in [0.3, 0.4) is 0 Å². The van der Waals surface area contributed by atoms with Gasteiger partial charge in [0.25, 0.3) is 0 Å². The van der Waals surface area contributed by atoms with Gasteiger partial charge in [-0.3, -0.25) is 4.90 Å². The number of nitrogens with two attached hydrogens (primary N) is 1. The van der Waals surface area contributed by atoms with Crippen LogP contribution in [0.15, 0.2) is 30.3 Å². The van der Waals surface area contributed by atoms with Gasteiger partial charge in [0.2, 0.25) is 0 Å². The zero-order valence-corrected chi connectivity index (χ0v) is 8.90. The lowest BCUT2D eigenvalue weighted by molar-refractivity contribution is 0.352. The van der Waals surface area contributed by atoms with E-state index in [4.69, 9.17) is 5.73 Å². The first-order valence-electron chi connectivity index (χ1n) is 5.19. The summed E-state index contributed by atoms with van der Waals surface area (Å²) >= 11 is 0. The summed E-state index contributed by atoms with van der Waals surface area (Å²) in [4.78, 5) is 2.45. The van der Waals surface area contributed by atoms with Gasteiger partial charge in [0.05, 0.1) is 0 Å². The maximum atomic E-state index is 5.73. The largest absolute Gasteiger partial charge is 0.329 e. The highest BCUT2D eigenvalue weighted by Gasteiger charge is 2.48. The summed E-state index contributed by atoms with van der Waals surface area (Å²) in [5, 5.41) is 0. The Morgan fingerprint density at radius 2 is 2.07 bits per heavy atom. The van der Waals surface area contributed by atoms with Crippen molar-refractivity contribution in [1.82, 2.24) is 4.90 Å². The average Bonchev–Trinajstić information content (AvgIpc) is 2.92. The zero-order chi connectivity index (χ0) is 10.2. The van der Waals surface area contributed by atoms with Crippen molar-refractivity contribution in [3.05, 3.63) is 35.9 Å². The average molecular weight is 190 g/mol. The van der Waals surface area contributed by atoms with Crippen LogP contribution in [0.5, 0.6) is 0 Å². The molecule has 2 rings (SSSR count). The molecule has 3 unspecified atom stereocenters. The van der Waals surface area contributed by atoms with Gasteiger partial charge >= 0.3 is 0 Å². The van der Waals surface area contributed by atoms with Crippen LogP contribution in [0, 0.1) is 0 Å². The molecule has 2 heteroatoms. The first-order chi connectivity index (χ1) is 6.67. The predicted molar refractivity (Wildman–Crippen MR) is 59.0 cm³/mol. The van der Waals surface area contributed by atoms with Crippen molar-refractivity contribution < 1.29 is 0 Å². The van der Waals surface area contributed by atoms with Crippen molar-refractivity contribution in [3.63, 3.8) is 0 Å². The Kier molecular flexibility index (Phi) is 2.33. The minimum absolute atomic E-state index is 0.245. The van der Waals surface area contributed by atoms with Gasteiger partial charge in [-0.2, -0.15) is 0 Å². The number of hydrogen-bond donors (Lipinski definition) is 1. The van der Waals surface area contributed by atoms with Crippen LogP contribution >= 0.6 is 0 Å². The fraction of sp³-hybridized carbons (Fsp3) is 0.500. The number of benzene rings is 1. The summed E-state index contributed by atoms with van der Waals surface area (Å²) in [6.07, 6.45) is 0. The lowest BCUT2D eigenvalue weighted by Crippen LogP contribution is -2.26. The molecular formula is C12H18N2. The second-order valence-corrected chi connectivity index (χ2v) is 4.42. The molecule has 0 amide bonds. The maximum Gasteiger partial charge on any atom is 0.0437 e. The SMILES string of the molecule is CC(c1ccccc1)N1CC1(C)CN. The Balaban J connectivity index is 2.08. The second-order valence-electron chi connectivity index (χ2n) is 4.42. The third-order valence-corrected chi connectivity index (χ3v) is 3.29. The molecule has 1 aliphatic heterocycles. The smallest absolute Gasteiger partial charge is 0.0437 e. The molecule has 3 atom stereocenters. The normalized spacial score (nSPS) is 32.6. The summed E-state index contributed by atoms with van der Waals surface area (Å²) in [7, 11) is 0. The minimum Gasteiger partial charge on any atom is -0.329 e. The van der Waals surface area contributed by atoms with Crippen LogP contribution in [0.25, 0.3) is 0 Å². The fourth-order valence-corrected chi connectivity index (χ4v) is 2.03. The van der Waals surface area contributed by atoms with Crippen molar-refractivity contribution in [3.8, 4) is 0 Å². The number of rotatable bonds is 3. The quantitative estimate of drug-likeness (QED) is 0.736. The van der Waals surface area contributed by atoms with Crippen LogP contribution in [-0.2, 0) is 0 Å². The monoisotopic (exact) mass is 190 g/mol. The molecule has 0 saturated carbocycles. The van der Waals surface area contributed by atoms with Gasteiger partial charge in [0.1, 0.15) is 0 Å². The molecule has 0 spiro atoms. The standard InChI is InChI=1S/C12H18N2/c1-10(11-6-4-3-5-7-11)14-9-12(14,2)8-13/h3-7,10H,8-9,13H2,1-2H3. The summed E-state index contributed by atoms with van der Waals surface area (Å²) in [5.41, 5.74) is 7.36. The van der Waals surface area contributed by atoms with E-state index in [1.54, 1.807) is 0 Å². The molecule has 14 heavy (non-hydrogen) atoms. The van der Waals surface area contributed by atoms with E-state index in [9.17, 15) is 0 Å². The Morgan fingerprint density at radius 3 is 2.57 bits per heavy atom. The van der Waals surface area contributed by atoms with Gasteiger partial charge in [-0.25, -0.2) is 0 Å². The van der Waals surface area contributed by atoms with E-state index in [0.717, 1.165) is 13.1 Å². The summed E-state index contributed by atoms with van der Waals surface area (Å²) in [6.45, 7) is 6.35. The second kappa shape index (κ2) is 3.37. The van der Waals surface area contributed by atoms with Gasteiger partial charge < -0.3 is 5.73 Å². The van der Waals surface area contributed by atoms with E-state index in [2.05, 4.69) is 49.1 Å².